The van der Waals surface area contributed by atoms with E-state index in [0.29, 0.717) is 0 Å². The molecule has 1 unspecified atom stereocenters. The van der Waals surface area contributed by atoms with Crippen molar-refractivity contribution in [1.29, 1.82) is 0 Å². The number of carboxylic acids is 1. The van der Waals surface area contributed by atoms with Gasteiger partial charge in [-0.15, -0.1) is 0 Å². The van der Waals surface area contributed by atoms with Crippen LogP contribution in [0.2, 0.25) is 0 Å². The normalized spacial score (nSPS) is 11.3. The molecule has 8 heteroatoms. The largest absolute Gasteiger partial charge is 0.480 e. The van der Waals surface area contributed by atoms with Crippen LogP contribution in [0.4, 0.5) is 0 Å². The fourth-order valence-corrected chi connectivity index (χ4v) is 2.32. The number of aliphatic carboxylic acids is 1. The lowest BCUT2D eigenvalue weighted by Crippen LogP contribution is -2.47. The number of amides is 3. The predicted octanol–water partition coefficient (Wildman–Crippen LogP) is 0.173. The second-order valence-electron chi connectivity index (χ2n) is 5.85. The summed E-state index contributed by atoms with van der Waals surface area (Å²) < 4.78 is 0. The zero-order valence-electron chi connectivity index (χ0n) is 15.0. The lowest BCUT2D eigenvalue weighted by Gasteiger charge is -2.26. The van der Waals surface area contributed by atoms with E-state index in [-0.39, 0.29) is 44.3 Å². The molecular formula is C18H25N3O5. The quantitative estimate of drug-likeness (QED) is 0.548. The average molecular weight is 363 g/mol. The predicted molar refractivity (Wildman–Crippen MR) is 95.3 cm³/mol. The van der Waals surface area contributed by atoms with Crippen LogP contribution in [-0.4, -0.2) is 59.4 Å². The van der Waals surface area contributed by atoms with Crippen LogP contribution in [0.3, 0.4) is 0 Å². The molecule has 1 aromatic rings. The highest BCUT2D eigenvalue weighted by Gasteiger charge is 2.24. The molecule has 1 rings (SSSR count). The van der Waals surface area contributed by atoms with Gasteiger partial charge in [0, 0.05) is 33.0 Å². The van der Waals surface area contributed by atoms with E-state index < -0.39 is 17.9 Å². The minimum Gasteiger partial charge on any atom is -0.480 e. The van der Waals surface area contributed by atoms with Crippen LogP contribution < -0.4 is 10.6 Å². The summed E-state index contributed by atoms with van der Waals surface area (Å²) in [6.07, 6.45) is 0.199. The molecule has 26 heavy (non-hydrogen) atoms. The van der Waals surface area contributed by atoms with Gasteiger partial charge >= 0.3 is 5.97 Å². The molecule has 0 saturated carbocycles. The number of hydrogen-bond acceptors (Lipinski definition) is 4. The van der Waals surface area contributed by atoms with E-state index in [1.807, 2.05) is 30.3 Å². The SMILES string of the molecule is CC(=O)NCCN(C(=O)CCNC(=O)Cc1ccccc1)C(C)C(=O)O. The van der Waals surface area contributed by atoms with Crippen molar-refractivity contribution in [1.82, 2.24) is 15.5 Å². The van der Waals surface area contributed by atoms with Crippen molar-refractivity contribution in [3.05, 3.63) is 35.9 Å². The third-order valence-corrected chi connectivity index (χ3v) is 3.74. The Morgan fingerprint density at radius 1 is 1.08 bits per heavy atom. The van der Waals surface area contributed by atoms with Gasteiger partial charge in [0.15, 0.2) is 0 Å². The monoisotopic (exact) mass is 363 g/mol. The molecule has 0 aliphatic carbocycles. The maximum atomic E-state index is 12.3. The third kappa shape index (κ3) is 7.78. The van der Waals surface area contributed by atoms with E-state index in [9.17, 15) is 19.2 Å². The second-order valence-corrected chi connectivity index (χ2v) is 5.85. The fraction of sp³-hybridized carbons (Fsp3) is 0.444. The van der Waals surface area contributed by atoms with Crippen LogP contribution in [-0.2, 0) is 25.6 Å². The van der Waals surface area contributed by atoms with E-state index in [4.69, 9.17) is 5.11 Å². The number of nitrogens with one attached hydrogen (secondary N) is 2. The lowest BCUT2D eigenvalue weighted by atomic mass is 10.1. The first-order valence-corrected chi connectivity index (χ1v) is 8.38. The van der Waals surface area contributed by atoms with Gasteiger partial charge in [0.25, 0.3) is 0 Å². The number of nitrogens with zero attached hydrogens (tertiary/aromatic N) is 1. The highest BCUT2D eigenvalue weighted by molar-refractivity contribution is 5.84. The Morgan fingerprint density at radius 2 is 1.73 bits per heavy atom. The van der Waals surface area contributed by atoms with Gasteiger partial charge in [0.05, 0.1) is 6.42 Å². The maximum absolute atomic E-state index is 12.3. The summed E-state index contributed by atoms with van der Waals surface area (Å²) in [5.41, 5.74) is 0.868. The zero-order chi connectivity index (χ0) is 19.5. The molecule has 3 amide bonds. The standard InChI is InChI=1S/C18H25N3O5/c1-13(18(25)26)21(11-10-19-14(2)22)17(24)8-9-20-16(23)12-15-6-4-3-5-7-15/h3-7,13H,8-12H2,1-2H3,(H,19,22)(H,20,23)(H,25,26). The highest BCUT2D eigenvalue weighted by Crippen LogP contribution is 2.03. The lowest BCUT2D eigenvalue weighted by molar-refractivity contribution is -0.149. The molecule has 0 spiro atoms. The third-order valence-electron chi connectivity index (χ3n) is 3.74. The average Bonchev–Trinajstić information content (AvgIpc) is 2.58. The van der Waals surface area contributed by atoms with E-state index in [1.54, 1.807) is 0 Å². The summed E-state index contributed by atoms with van der Waals surface area (Å²) >= 11 is 0. The number of carboxylic acid groups (broad SMARTS) is 1. The fourth-order valence-electron chi connectivity index (χ4n) is 2.32. The van der Waals surface area contributed by atoms with E-state index in [2.05, 4.69) is 10.6 Å². The number of carbonyl (C=O) groups excluding carboxylic acids is 3. The summed E-state index contributed by atoms with van der Waals surface area (Å²) in [6, 6.07) is 8.20. The smallest absolute Gasteiger partial charge is 0.326 e. The van der Waals surface area contributed by atoms with E-state index in [1.165, 1.54) is 18.7 Å². The molecule has 0 radical (unpaired) electrons. The molecule has 1 atom stereocenters. The minimum atomic E-state index is -1.13. The van der Waals surface area contributed by atoms with Crippen molar-refractivity contribution in [3.63, 3.8) is 0 Å². The number of rotatable bonds is 10. The first-order chi connectivity index (χ1) is 12.3. The van der Waals surface area contributed by atoms with Gasteiger partial charge in [-0.3, -0.25) is 14.4 Å². The van der Waals surface area contributed by atoms with Gasteiger partial charge in [0.2, 0.25) is 17.7 Å². The molecular weight excluding hydrogens is 338 g/mol. The van der Waals surface area contributed by atoms with Crippen LogP contribution in [0.25, 0.3) is 0 Å². The minimum absolute atomic E-state index is 0.0157. The molecule has 8 nitrogen and oxygen atoms in total. The van der Waals surface area contributed by atoms with Crippen molar-refractivity contribution in [2.75, 3.05) is 19.6 Å². The highest BCUT2D eigenvalue weighted by atomic mass is 16.4. The summed E-state index contributed by atoms with van der Waals surface area (Å²) in [5.74, 6) is -1.99. The molecule has 0 fully saturated rings. The molecule has 0 heterocycles. The molecule has 1 aromatic carbocycles. The Bertz CT molecular complexity index is 633. The summed E-state index contributed by atoms with van der Waals surface area (Å²) in [5, 5.41) is 14.3. The molecule has 0 aromatic heterocycles. The Balaban J connectivity index is 2.47. The van der Waals surface area contributed by atoms with Gasteiger partial charge in [-0.25, -0.2) is 4.79 Å². The van der Waals surface area contributed by atoms with Crippen LogP contribution in [0.1, 0.15) is 25.8 Å². The Morgan fingerprint density at radius 3 is 2.31 bits per heavy atom. The van der Waals surface area contributed by atoms with Crippen molar-refractivity contribution in [2.45, 2.75) is 32.7 Å². The molecule has 3 N–H and O–H groups in total. The van der Waals surface area contributed by atoms with Crippen LogP contribution in [0.5, 0.6) is 0 Å². The van der Waals surface area contributed by atoms with Gasteiger partial charge in [-0.05, 0) is 12.5 Å². The van der Waals surface area contributed by atoms with Crippen LogP contribution >= 0.6 is 0 Å². The van der Waals surface area contributed by atoms with Crippen LogP contribution in [0, 0.1) is 0 Å². The van der Waals surface area contributed by atoms with Crippen LogP contribution in [0.15, 0.2) is 30.3 Å². The number of benzene rings is 1. The molecule has 0 bridgehead atoms. The van der Waals surface area contributed by atoms with Gasteiger partial charge in [-0.1, -0.05) is 30.3 Å². The summed E-state index contributed by atoms with van der Waals surface area (Å²) in [4.78, 5) is 47.5. The Kier molecular flexibility index (Phi) is 8.83. The van der Waals surface area contributed by atoms with Gasteiger partial charge in [0.1, 0.15) is 6.04 Å². The first kappa shape index (κ1) is 21.1. The first-order valence-electron chi connectivity index (χ1n) is 8.38. The summed E-state index contributed by atoms with van der Waals surface area (Å²) in [6.45, 7) is 3.12. The second kappa shape index (κ2) is 10.9. The maximum Gasteiger partial charge on any atom is 0.326 e. The Hall–Kier alpha value is -2.90. The van der Waals surface area contributed by atoms with Gasteiger partial charge < -0.3 is 20.6 Å². The molecule has 0 aliphatic heterocycles. The van der Waals surface area contributed by atoms with Crippen molar-refractivity contribution < 1.29 is 24.3 Å². The summed E-state index contributed by atoms with van der Waals surface area (Å²) in [7, 11) is 0. The molecule has 142 valence electrons. The zero-order valence-corrected chi connectivity index (χ0v) is 15.0. The van der Waals surface area contributed by atoms with Gasteiger partial charge in [-0.2, -0.15) is 0 Å². The molecule has 0 saturated heterocycles. The Labute approximate surface area is 152 Å². The number of hydrogen-bond donors (Lipinski definition) is 3. The molecule has 0 aliphatic rings. The van der Waals surface area contributed by atoms with Crippen molar-refractivity contribution >= 4 is 23.7 Å². The van der Waals surface area contributed by atoms with Crippen molar-refractivity contribution in [3.8, 4) is 0 Å². The van der Waals surface area contributed by atoms with Crippen molar-refractivity contribution in [2.24, 2.45) is 0 Å². The number of carbonyl (C=O) groups is 4. The van der Waals surface area contributed by atoms with E-state index in [0.717, 1.165) is 5.56 Å². The van der Waals surface area contributed by atoms with E-state index >= 15 is 0 Å². The topological polar surface area (TPSA) is 116 Å².